The second-order valence-corrected chi connectivity index (χ2v) is 1.68. The second-order valence-electron chi connectivity index (χ2n) is 1.06. The highest BCUT2D eigenvalue weighted by Crippen LogP contribution is 1.94. The number of nitrogens with one attached hydrogen (secondary N) is 1. The lowest BCUT2D eigenvalue weighted by Gasteiger charge is -1.76. The minimum Gasteiger partial charge on any atom is -0.303 e. The summed E-state index contributed by atoms with van der Waals surface area (Å²) < 4.78 is 0. The Balaban J connectivity index is 2.68. The minimum absolute atomic E-state index is 0.521. The van der Waals surface area contributed by atoms with Crippen molar-refractivity contribution in [2.75, 3.05) is 0 Å². The summed E-state index contributed by atoms with van der Waals surface area (Å²) in [5.74, 6) is 0. The van der Waals surface area contributed by atoms with Gasteiger partial charge in [0.25, 0.3) is 0 Å². The fourth-order valence-corrected chi connectivity index (χ4v) is 0.485. The molecule has 0 heterocycles. The molecule has 0 aromatic rings. The highest BCUT2D eigenvalue weighted by atomic mass is 31.1. The third kappa shape index (κ3) is 5.83. The van der Waals surface area contributed by atoms with Gasteiger partial charge in [-0.1, -0.05) is 14.6 Å². The van der Waals surface area contributed by atoms with Crippen LogP contribution in [0.5, 0.6) is 0 Å². The molecule has 1 N–H and O–H groups in total. The number of rotatable bonds is 4. The molecule has 2 nitrogen and oxygen atoms in total. The van der Waals surface area contributed by atoms with E-state index in [1.807, 2.05) is 0 Å². The molecular formula is C3H6BNOP. The van der Waals surface area contributed by atoms with E-state index in [1.54, 1.807) is 7.00 Å². The van der Waals surface area contributed by atoms with Crippen molar-refractivity contribution in [3.8, 4) is 0 Å². The van der Waals surface area contributed by atoms with E-state index in [-0.39, 0.29) is 0 Å². The minimum atomic E-state index is 0.521. The first kappa shape index (κ1) is 6.83. The molecule has 0 atom stereocenters. The number of carbonyl (C=O) groups excluding carboxylic acids is 1. The van der Waals surface area contributed by atoms with Crippen molar-refractivity contribution >= 4 is 21.5 Å². The van der Waals surface area contributed by atoms with Crippen LogP contribution in [0.25, 0.3) is 0 Å². The standard InChI is InChI=1S/C3H6BNOP/c5-7-4-2-1-3-6/h3,5H,1-2H2. The Bertz CT molecular complexity index is 60.0. The van der Waals surface area contributed by atoms with Gasteiger partial charge in [0.15, 0.2) is 0 Å². The summed E-state index contributed by atoms with van der Waals surface area (Å²) in [7, 11) is 0.521. The van der Waals surface area contributed by atoms with E-state index in [9.17, 15) is 4.79 Å². The van der Waals surface area contributed by atoms with E-state index < -0.39 is 0 Å². The molecule has 0 aliphatic rings. The molecule has 0 aliphatic heterocycles. The Kier molecular flexibility index (Phi) is 5.70. The molecule has 0 amide bonds. The van der Waals surface area contributed by atoms with Crippen molar-refractivity contribution in [1.82, 2.24) is 0 Å². The van der Waals surface area contributed by atoms with Crippen LogP contribution in [0.1, 0.15) is 6.42 Å². The predicted molar refractivity (Wildman–Crippen MR) is 30.9 cm³/mol. The summed E-state index contributed by atoms with van der Waals surface area (Å²) in [5.41, 5.74) is 0. The van der Waals surface area contributed by atoms with Crippen molar-refractivity contribution in [3.63, 3.8) is 0 Å². The monoisotopic (exact) mass is 114 g/mol. The maximum Gasteiger partial charge on any atom is 0.209 e. The van der Waals surface area contributed by atoms with Gasteiger partial charge in [0, 0.05) is 0 Å². The maximum absolute atomic E-state index is 9.60. The molecule has 4 heteroatoms. The van der Waals surface area contributed by atoms with Gasteiger partial charge in [0.1, 0.15) is 6.29 Å². The number of carbonyl (C=O) groups is 1. The Morgan fingerprint density at radius 3 is 3.00 bits per heavy atom. The zero-order valence-electron chi connectivity index (χ0n) is 3.92. The Hall–Kier alpha value is -0.165. The molecule has 0 bridgehead atoms. The molecule has 0 saturated carbocycles. The molecule has 7 heavy (non-hydrogen) atoms. The van der Waals surface area contributed by atoms with Crippen molar-refractivity contribution in [1.29, 1.82) is 5.16 Å². The first-order chi connectivity index (χ1) is 3.41. The zero-order valence-corrected chi connectivity index (χ0v) is 4.82. The van der Waals surface area contributed by atoms with E-state index in [1.165, 1.54) is 0 Å². The molecule has 37 valence electrons. The Labute approximate surface area is 45.2 Å². The lowest BCUT2D eigenvalue weighted by atomic mass is 10.0. The van der Waals surface area contributed by atoms with Crippen molar-refractivity contribution in [2.45, 2.75) is 12.7 Å². The number of aldehydes is 1. The van der Waals surface area contributed by atoms with Gasteiger partial charge >= 0.3 is 0 Å². The van der Waals surface area contributed by atoms with Gasteiger partial charge in [-0.2, -0.15) is 0 Å². The predicted octanol–water partition coefficient (Wildman–Crippen LogP) is 1.32. The SMILES string of the molecule is N=P[B]CCC=O. The zero-order chi connectivity index (χ0) is 5.54. The highest BCUT2D eigenvalue weighted by molar-refractivity contribution is 7.61. The average Bonchev–Trinajstić information content (AvgIpc) is 1.69. The molecule has 0 aromatic heterocycles. The van der Waals surface area contributed by atoms with Gasteiger partial charge in [-0.05, 0) is 6.42 Å². The van der Waals surface area contributed by atoms with Crippen LogP contribution < -0.4 is 0 Å². The van der Waals surface area contributed by atoms with Crippen LogP contribution in [0.3, 0.4) is 0 Å². The average molecular weight is 114 g/mol. The summed E-state index contributed by atoms with van der Waals surface area (Å²) in [4.78, 5) is 9.60. The van der Waals surface area contributed by atoms with Crippen molar-refractivity contribution in [2.24, 2.45) is 0 Å². The summed E-state index contributed by atoms with van der Waals surface area (Å²) in [5, 5.41) is 6.58. The van der Waals surface area contributed by atoms with E-state index in [4.69, 9.17) is 5.16 Å². The third-order valence-electron chi connectivity index (χ3n) is 0.505. The molecule has 0 saturated heterocycles. The largest absolute Gasteiger partial charge is 0.303 e. The van der Waals surface area contributed by atoms with E-state index in [0.717, 1.165) is 12.6 Å². The Morgan fingerprint density at radius 2 is 2.57 bits per heavy atom. The van der Waals surface area contributed by atoms with Crippen LogP contribution >= 0.6 is 8.25 Å². The van der Waals surface area contributed by atoms with Crippen LogP contribution in [0, 0.1) is 5.16 Å². The van der Waals surface area contributed by atoms with Gasteiger partial charge in [-0.15, -0.1) is 0 Å². The first-order valence-corrected chi connectivity index (χ1v) is 3.00. The molecule has 0 rings (SSSR count). The fraction of sp³-hybridized carbons (Fsp3) is 0.667. The summed E-state index contributed by atoms with van der Waals surface area (Å²) in [6, 6.07) is 0. The molecule has 0 spiro atoms. The summed E-state index contributed by atoms with van der Waals surface area (Å²) in [6.45, 7) is 1.74. The summed E-state index contributed by atoms with van der Waals surface area (Å²) in [6.07, 6.45) is 2.17. The van der Waals surface area contributed by atoms with Crippen LogP contribution in [0.4, 0.5) is 0 Å². The fourth-order valence-electron chi connectivity index (χ4n) is 0.207. The summed E-state index contributed by atoms with van der Waals surface area (Å²) >= 11 is 0. The third-order valence-corrected chi connectivity index (χ3v) is 0.946. The normalized spacial score (nSPS) is 8.57. The topological polar surface area (TPSA) is 40.9 Å². The molecular weight excluding hydrogens is 108 g/mol. The lowest BCUT2D eigenvalue weighted by Crippen LogP contribution is -1.77. The molecule has 1 radical (unpaired) electrons. The highest BCUT2D eigenvalue weighted by Gasteiger charge is 1.82. The molecule has 0 aromatic carbocycles. The van der Waals surface area contributed by atoms with Crippen molar-refractivity contribution < 1.29 is 4.79 Å². The lowest BCUT2D eigenvalue weighted by molar-refractivity contribution is -0.107. The molecule has 0 fully saturated rings. The number of hydrogen-bond donors (Lipinski definition) is 1. The van der Waals surface area contributed by atoms with Gasteiger partial charge in [0.2, 0.25) is 7.00 Å². The first-order valence-electron chi connectivity index (χ1n) is 2.03. The van der Waals surface area contributed by atoms with Crippen LogP contribution in [-0.4, -0.2) is 13.3 Å². The van der Waals surface area contributed by atoms with Gasteiger partial charge in [0.05, 0.1) is 0 Å². The van der Waals surface area contributed by atoms with Crippen LogP contribution in [0.15, 0.2) is 0 Å². The van der Waals surface area contributed by atoms with Gasteiger partial charge in [-0.25, -0.2) is 0 Å². The van der Waals surface area contributed by atoms with Gasteiger partial charge in [-0.3, -0.25) is 5.16 Å². The molecule has 0 unspecified atom stereocenters. The number of hydrogen-bond acceptors (Lipinski definition) is 2. The second kappa shape index (κ2) is 5.83. The van der Waals surface area contributed by atoms with E-state index in [0.29, 0.717) is 14.7 Å². The Morgan fingerprint density at radius 1 is 1.86 bits per heavy atom. The van der Waals surface area contributed by atoms with E-state index >= 15 is 0 Å². The quantitative estimate of drug-likeness (QED) is 0.254. The van der Waals surface area contributed by atoms with Gasteiger partial charge < -0.3 is 4.79 Å². The smallest absolute Gasteiger partial charge is 0.209 e. The molecule has 0 aliphatic carbocycles. The van der Waals surface area contributed by atoms with Crippen LogP contribution in [0.2, 0.25) is 6.32 Å². The van der Waals surface area contributed by atoms with Crippen molar-refractivity contribution in [3.05, 3.63) is 0 Å². The maximum atomic E-state index is 9.60. The van der Waals surface area contributed by atoms with Crippen LogP contribution in [-0.2, 0) is 4.79 Å². The van der Waals surface area contributed by atoms with E-state index in [2.05, 4.69) is 0 Å².